The number of rotatable bonds is 10. The molecule has 8 nitrogen and oxygen atoms in total. The van der Waals surface area contributed by atoms with E-state index >= 15 is 0 Å². The Morgan fingerprint density at radius 1 is 1.19 bits per heavy atom. The lowest BCUT2D eigenvalue weighted by Crippen LogP contribution is -2.47. The summed E-state index contributed by atoms with van der Waals surface area (Å²) < 4.78 is 36.3. The summed E-state index contributed by atoms with van der Waals surface area (Å²) in [5, 5.41) is 12.3. The molecule has 10 heteroatoms. The molecule has 0 aliphatic rings. The van der Waals surface area contributed by atoms with E-state index in [-0.39, 0.29) is 28.9 Å². The fourth-order valence-electron chi connectivity index (χ4n) is 4.09. The summed E-state index contributed by atoms with van der Waals surface area (Å²) in [4.78, 5) is 13.3. The van der Waals surface area contributed by atoms with Crippen LogP contribution in [0.1, 0.15) is 41.8 Å². The van der Waals surface area contributed by atoms with Crippen LogP contribution in [0.25, 0.3) is 0 Å². The van der Waals surface area contributed by atoms with E-state index in [4.69, 9.17) is 16.3 Å². The van der Waals surface area contributed by atoms with Gasteiger partial charge in [0.2, 0.25) is 15.9 Å². The van der Waals surface area contributed by atoms with Gasteiger partial charge in [-0.2, -0.15) is 9.98 Å². The van der Waals surface area contributed by atoms with Crippen LogP contribution in [0.2, 0.25) is 5.02 Å². The molecular formula is C26H29ClN4O4S. The van der Waals surface area contributed by atoms with E-state index < -0.39 is 22.0 Å². The molecule has 2 N–H and O–H groups in total. The molecule has 1 heterocycles. The Kier molecular flexibility index (Phi) is 8.79. The van der Waals surface area contributed by atoms with Crippen molar-refractivity contribution in [3.8, 4) is 11.8 Å². The van der Waals surface area contributed by atoms with Gasteiger partial charge in [-0.25, -0.2) is 8.42 Å². The maximum atomic E-state index is 13.4. The molecule has 0 fully saturated rings. The van der Waals surface area contributed by atoms with E-state index in [1.807, 2.05) is 32.0 Å². The molecule has 0 aliphatic carbocycles. The second kappa shape index (κ2) is 11.6. The number of amides is 1. The zero-order chi connectivity index (χ0) is 26.5. The smallest absolute Gasteiger partial charge is 0.243 e. The highest BCUT2D eigenvalue weighted by Gasteiger charge is 2.30. The number of sulfonamides is 1. The molecule has 0 aliphatic heterocycles. The van der Waals surface area contributed by atoms with Crippen molar-refractivity contribution in [2.24, 2.45) is 0 Å². The van der Waals surface area contributed by atoms with E-state index in [1.54, 1.807) is 49.1 Å². The highest BCUT2D eigenvalue weighted by molar-refractivity contribution is 7.89. The van der Waals surface area contributed by atoms with Gasteiger partial charge in [-0.05, 0) is 57.0 Å². The van der Waals surface area contributed by atoms with Gasteiger partial charge < -0.3 is 14.6 Å². The fraction of sp³-hybridized carbons (Fsp3) is 0.308. The molecule has 190 valence electrons. The molecule has 2 aromatic carbocycles. The summed E-state index contributed by atoms with van der Waals surface area (Å²) in [5.41, 5.74) is 2.64. The normalized spacial score (nSPS) is 13.0. The van der Waals surface area contributed by atoms with Crippen molar-refractivity contribution in [3.63, 3.8) is 0 Å². The number of carbonyl (C=O) groups excluding carboxylic acids is 1. The molecular weight excluding hydrogens is 500 g/mol. The summed E-state index contributed by atoms with van der Waals surface area (Å²) in [6.07, 6.45) is 1.82. The average molecular weight is 529 g/mol. The van der Waals surface area contributed by atoms with Crippen molar-refractivity contribution in [2.45, 2.75) is 50.7 Å². The van der Waals surface area contributed by atoms with Crippen molar-refractivity contribution in [1.29, 1.82) is 5.26 Å². The summed E-state index contributed by atoms with van der Waals surface area (Å²) in [6.45, 7) is 5.54. The van der Waals surface area contributed by atoms with Crippen LogP contribution in [0.5, 0.6) is 5.75 Å². The Balaban J connectivity index is 1.90. The first-order valence-electron chi connectivity index (χ1n) is 11.3. The van der Waals surface area contributed by atoms with Crippen LogP contribution in [-0.2, 0) is 21.4 Å². The number of nitrogens with zero attached hydrogens (tertiary/aromatic N) is 2. The highest BCUT2D eigenvalue weighted by Crippen LogP contribution is 2.26. The zero-order valence-electron chi connectivity index (χ0n) is 20.6. The Morgan fingerprint density at radius 3 is 2.61 bits per heavy atom. The molecule has 0 radical (unpaired) electrons. The number of aryl methyl sites for hydroxylation is 2. The summed E-state index contributed by atoms with van der Waals surface area (Å²) in [6, 6.07) is 14.4. The van der Waals surface area contributed by atoms with Crippen LogP contribution in [0.3, 0.4) is 0 Å². The number of aromatic nitrogens is 1. The number of nitrogens with one attached hydrogen (secondary N) is 2. The topological polar surface area (TPSA) is 113 Å². The Hall–Kier alpha value is -3.32. The molecule has 3 rings (SSSR count). The predicted octanol–water partition coefficient (Wildman–Crippen LogP) is 4.25. The third-order valence-corrected chi connectivity index (χ3v) is 7.98. The van der Waals surface area contributed by atoms with Crippen LogP contribution in [0, 0.1) is 25.2 Å². The number of hydrogen-bond donors (Lipinski definition) is 2. The largest absolute Gasteiger partial charge is 0.496 e. The van der Waals surface area contributed by atoms with Gasteiger partial charge in [0.15, 0.2) is 0 Å². The summed E-state index contributed by atoms with van der Waals surface area (Å²) in [7, 11) is -2.59. The highest BCUT2D eigenvalue weighted by atomic mass is 35.5. The van der Waals surface area contributed by atoms with Crippen LogP contribution < -0.4 is 14.8 Å². The molecule has 1 amide bonds. The number of carbonyl (C=O) groups is 1. The Morgan fingerprint density at radius 2 is 1.94 bits per heavy atom. The van der Waals surface area contributed by atoms with E-state index in [0.717, 1.165) is 11.1 Å². The molecule has 2 atom stereocenters. The number of benzene rings is 2. The third kappa shape index (κ3) is 6.26. The van der Waals surface area contributed by atoms with Gasteiger partial charge in [0.1, 0.15) is 28.4 Å². The van der Waals surface area contributed by atoms with Crippen molar-refractivity contribution < 1.29 is 17.9 Å². The minimum Gasteiger partial charge on any atom is -0.496 e. The van der Waals surface area contributed by atoms with E-state index in [0.29, 0.717) is 17.0 Å². The first-order chi connectivity index (χ1) is 17.1. The standard InChI is InChI=1S/C26H29ClN4O4S/c1-17-10-11-24(35-4)20(13-17)16-29-26(32)23(14-19(3)31-12-6-8-21(31)15-28)30-36(33,34)25-18(2)7-5-9-22(25)27/h5-13,19,23,30H,14,16H2,1-4H3,(H,29,32). The van der Waals surface area contributed by atoms with Gasteiger partial charge in [0.05, 0.1) is 12.1 Å². The van der Waals surface area contributed by atoms with Crippen LogP contribution in [-0.4, -0.2) is 32.0 Å². The molecule has 3 aromatic rings. The minimum atomic E-state index is -4.14. The Labute approximate surface area is 216 Å². The number of ether oxygens (including phenoxy) is 1. The minimum absolute atomic E-state index is 0.0661. The lowest BCUT2D eigenvalue weighted by molar-refractivity contribution is -0.123. The van der Waals surface area contributed by atoms with Crippen LogP contribution >= 0.6 is 11.6 Å². The Bertz CT molecular complexity index is 1370. The zero-order valence-corrected chi connectivity index (χ0v) is 22.2. The van der Waals surface area contributed by atoms with Gasteiger partial charge >= 0.3 is 0 Å². The SMILES string of the molecule is COc1ccc(C)cc1CNC(=O)C(CC(C)n1cccc1C#N)NS(=O)(=O)c1c(C)cccc1Cl. The molecule has 1 aromatic heterocycles. The van der Waals surface area contributed by atoms with E-state index in [2.05, 4.69) is 16.1 Å². The van der Waals surface area contributed by atoms with Crippen LogP contribution in [0.4, 0.5) is 0 Å². The lowest BCUT2D eigenvalue weighted by atomic mass is 10.1. The maximum Gasteiger partial charge on any atom is 0.243 e. The molecule has 0 saturated carbocycles. The van der Waals surface area contributed by atoms with Crippen molar-refractivity contribution in [1.82, 2.24) is 14.6 Å². The van der Waals surface area contributed by atoms with Crippen LogP contribution in [0.15, 0.2) is 59.6 Å². The van der Waals surface area contributed by atoms with Crippen molar-refractivity contribution in [2.75, 3.05) is 7.11 Å². The number of methoxy groups -OCH3 is 1. The molecule has 0 saturated heterocycles. The quantitative estimate of drug-likeness (QED) is 0.408. The fourth-order valence-corrected chi connectivity index (χ4v) is 6.13. The van der Waals surface area contributed by atoms with Gasteiger partial charge in [-0.1, -0.05) is 41.4 Å². The van der Waals surface area contributed by atoms with Gasteiger partial charge in [-0.3, -0.25) is 4.79 Å². The second-order valence-electron chi connectivity index (χ2n) is 8.59. The molecule has 36 heavy (non-hydrogen) atoms. The lowest BCUT2D eigenvalue weighted by Gasteiger charge is -2.24. The number of hydrogen-bond acceptors (Lipinski definition) is 5. The molecule has 0 bridgehead atoms. The second-order valence-corrected chi connectivity index (χ2v) is 10.6. The van der Waals surface area contributed by atoms with Crippen molar-refractivity contribution >= 4 is 27.5 Å². The molecule has 2 unspecified atom stereocenters. The number of nitriles is 1. The van der Waals surface area contributed by atoms with Gasteiger partial charge in [-0.15, -0.1) is 0 Å². The number of halogens is 1. The average Bonchev–Trinajstić information content (AvgIpc) is 3.31. The van der Waals surface area contributed by atoms with E-state index in [9.17, 15) is 18.5 Å². The molecule has 0 spiro atoms. The maximum absolute atomic E-state index is 13.4. The van der Waals surface area contributed by atoms with Gasteiger partial charge in [0.25, 0.3) is 0 Å². The van der Waals surface area contributed by atoms with Crippen molar-refractivity contribution in [3.05, 3.63) is 82.1 Å². The summed E-state index contributed by atoms with van der Waals surface area (Å²) >= 11 is 6.22. The predicted molar refractivity (Wildman–Crippen MR) is 138 cm³/mol. The monoisotopic (exact) mass is 528 g/mol. The summed E-state index contributed by atoms with van der Waals surface area (Å²) in [5.74, 6) is 0.105. The first kappa shape index (κ1) is 27.3. The third-order valence-electron chi connectivity index (χ3n) is 5.88. The first-order valence-corrected chi connectivity index (χ1v) is 13.2. The van der Waals surface area contributed by atoms with E-state index in [1.165, 1.54) is 6.07 Å². The van der Waals surface area contributed by atoms with Gasteiger partial charge in [0, 0.05) is 24.3 Å².